The van der Waals surface area contributed by atoms with E-state index in [1.165, 1.54) is 20.4 Å². The van der Waals surface area contributed by atoms with Crippen LogP contribution in [0.3, 0.4) is 0 Å². The molecule has 0 spiro atoms. The zero-order valence-electron chi connectivity index (χ0n) is 20.9. The number of amides is 1. The SMILES string of the molecule is COc1ccc(/C=N\NC(=O)c2ccc(COc3ccccc3-c3ccccc3)cc2)c(OC)c1OC. The minimum Gasteiger partial charge on any atom is -0.493 e. The number of nitrogens with zero attached hydrogens (tertiary/aromatic N) is 1. The molecule has 0 fully saturated rings. The highest BCUT2D eigenvalue weighted by atomic mass is 16.5. The zero-order chi connectivity index (χ0) is 26.0. The Kier molecular flexibility index (Phi) is 8.39. The number of hydrogen-bond donors (Lipinski definition) is 1. The van der Waals surface area contributed by atoms with Crippen molar-refractivity contribution in [3.05, 3.63) is 108 Å². The van der Waals surface area contributed by atoms with Crippen molar-refractivity contribution in [2.24, 2.45) is 5.10 Å². The molecule has 0 aliphatic heterocycles. The van der Waals surface area contributed by atoms with Gasteiger partial charge in [0.1, 0.15) is 12.4 Å². The van der Waals surface area contributed by atoms with Crippen LogP contribution in [0.5, 0.6) is 23.0 Å². The van der Waals surface area contributed by atoms with E-state index in [0.29, 0.717) is 35.0 Å². The fraction of sp³-hybridized carbons (Fsp3) is 0.133. The predicted molar refractivity (Wildman–Crippen MR) is 144 cm³/mol. The quantitative estimate of drug-likeness (QED) is 0.224. The van der Waals surface area contributed by atoms with Gasteiger partial charge in [-0.2, -0.15) is 5.10 Å². The minimum atomic E-state index is -0.336. The molecule has 0 radical (unpaired) electrons. The summed E-state index contributed by atoms with van der Waals surface area (Å²) in [5, 5.41) is 4.07. The fourth-order valence-corrected chi connectivity index (χ4v) is 3.81. The molecule has 4 aromatic rings. The van der Waals surface area contributed by atoms with Crippen molar-refractivity contribution in [2.75, 3.05) is 21.3 Å². The summed E-state index contributed by atoms with van der Waals surface area (Å²) in [6.07, 6.45) is 1.49. The van der Waals surface area contributed by atoms with Crippen LogP contribution in [0.1, 0.15) is 21.5 Å². The van der Waals surface area contributed by atoms with Gasteiger partial charge in [0.05, 0.1) is 27.5 Å². The minimum absolute atomic E-state index is 0.336. The summed E-state index contributed by atoms with van der Waals surface area (Å²) in [5.74, 6) is 1.91. The third-order valence-corrected chi connectivity index (χ3v) is 5.69. The van der Waals surface area contributed by atoms with Gasteiger partial charge in [-0.3, -0.25) is 4.79 Å². The summed E-state index contributed by atoms with van der Waals surface area (Å²) in [4.78, 5) is 12.6. The van der Waals surface area contributed by atoms with E-state index in [-0.39, 0.29) is 5.91 Å². The average molecular weight is 497 g/mol. The van der Waals surface area contributed by atoms with Crippen molar-refractivity contribution < 1.29 is 23.7 Å². The Morgan fingerprint density at radius 2 is 1.46 bits per heavy atom. The van der Waals surface area contributed by atoms with Crippen molar-refractivity contribution in [1.29, 1.82) is 0 Å². The topological polar surface area (TPSA) is 78.4 Å². The van der Waals surface area contributed by atoms with Gasteiger partial charge in [-0.05, 0) is 41.5 Å². The molecule has 0 aliphatic carbocycles. The standard InChI is InChI=1S/C30H28N2O5/c1-34-27-18-17-24(28(35-2)29(27)36-3)19-31-32-30(33)23-15-13-21(14-16-23)20-37-26-12-8-7-11-25(26)22-9-5-4-6-10-22/h4-19H,20H2,1-3H3,(H,32,33)/b31-19-. The third-order valence-electron chi connectivity index (χ3n) is 5.69. The van der Waals surface area contributed by atoms with E-state index < -0.39 is 0 Å². The lowest BCUT2D eigenvalue weighted by Crippen LogP contribution is -2.17. The van der Waals surface area contributed by atoms with Crippen LogP contribution in [-0.4, -0.2) is 33.5 Å². The van der Waals surface area contributed by atoms with E-state index >= 15 is 0 Å². The molecule has 4 rings (SSSR count). The Bertz CT molecular complexity index is 1370. The Balaban J connectivity index is 1.38. The summed E-state index contributed by atoms with van der Waals surface area (Å²) in [6, 6.07) is 28.8. The number of nitrogens with one attached hydrogen (secondary N) is 1. The third kappa shape index (κ3) is 6.08. The van der Waals surface area contributed by atoms with Crippen LogP contribution in [-0.2, 0) is 6.61 Å². The van der Waals surface area contributed by atoms with E-state index in [9.17, 15) is 4.79 Å². The summed E-state index contributed by atoms with van der Waals surface area (Å²) >= 11 is 0. The molecule has 37 heavy (non-hydrogen) atoms. The molecule has 0 heterocycles. The molecule has 7 heteroatoms. The van der Waals surface area contributed by atoms with Crippen LogP contribution in [0.25, 0.3) is 11.1 Å². The number of ether oxygens (including phenoxy) is 4. The molecule has 188 valence electrons. The molecule has 0 saturated carbocycles. The van der Waals surface area contributed by atoms with Crippen LogP contribution in [0.4, 0.5) is 0 Å². The lowest BCUT2D eigenvalue weighted by molar-refractivity contribution is 0.0955. The lowest BCUT2D eigenvalue weighted by Gasteiger charge is -2.13. The maximum absolute atomic E-state index is 12.6. The zero-order valence-corrected chi connectivity index (χ0v) is 20.9. The first kappa shape index (κ1) is 25.3. The Hall–Kier alpha value is -4.78. The van der Waals surface area contributed by atoms with Crippen LogP contribution < -0.4 is 24.4 Å². The van der Waals surface area contributed by atoms with E-state index in [2.05, 4.69) is 22.7 Å². The molecule has 0 unspecified atom stereocenters. The molecule has 0 saturated heterocycles. The summed E-state index contributed by atoms with van der Waals surface area (Å²) in [5.41, 5.74) is 6.71. The Morgan fingerprint density at radius 3 is 2.16 bits per heavy atom. The number of hydrazone groups is 1. The van der Waals surface area contributed by atoms with Crippen molar-refractivity contribution in [3.63, 3.8) is 0 Å². The van der Waals surface area contributed by atoms with Gasteiger partial charge in [-0.15, -0.1) is 0 Å². The van der Waals surface area contributed by atoms with Gasteiger partial charge in [-0.1, -0.05) is 60.7 Å². The van der Waals surface area contributed by atoms with Gasteiger partial charge in [-0.25, -0.2) is 5.43 Å². The first-order valence-corrected chi connectivity index (χ1v) is 11.6. The molecule has 0 aromatic heterocycles. The molecule has 0 aliphatic rings. The molecule has 0 bridgehead atoms. The van der Waals surface area contributed by atoms with Crippen molar-refractivity contribution in [2.45, 2.75) is 6.61 Å². The first-order valence-electron chi connectivity index (χ1n) is 11.6. The van der Waals surface area contributed by atoms with Gasteiger partial charge < -0.3 is 18.9 Å². The predicted octanol–water partition coefficient (Wildman–Crippen LogP) is 5.72. The van der Waals surface area contributed by atoms with Gasteiger partial charge in [0.15, 0.2) is 11.5 Å². The number of benzene rings is 4. The average Bonchev–Trinajstić information content (AvgIpc) is 2.96. The van der Waals surface area contributed by atoms with E-state index in [4.69, 9.17) is 18.9 Å². The summed E-state index contributed by atoms with van der Waals surface area (Å²) in [7, 11) is 4.60. The summed E-state index contributed by atoms with van der Waals surface area (Å²) in [6.45, 7) is 0.378. The van der Waals surface area contributed by atoms with E-state index in [1.807, 2.05) is 54.6 Å². The number of para-hydroxylation sites is 1. The van der Waals surface area contributed by atoms with Gasteiger partial charge in [0.2, 0.25) is 5.75 Å². The van der Waals surface area contributed by atoms with E-state index in [0.717, 1.165) is 22.4 Å². The van der Waals surface area contributed by atoms with Crippen molar-refractivity contribution >= 4 is 12.1 Å². The fourth-order valence-electron chi connectivity index (χ4n) is 3.81. The molecule has 4 aromatic carbocycles. The van der Waals surface area contributed by atoms with Gasteiger partial charge in [0, 0.05) is 16.7 Å². The molecule has 0 atom stereocenters. The van der Waals surface area contributed by atoms with E-state index in [1.54, 1.807) is 31.4 Å². The number of hydrogen-bond acceptors (Lipinski definition) is 6. The largest absolute Gasteiger partial charge is 0.493 e. The second-order valence-electron chi connectivity index (χ2n) is 7.97. The van der Waals surface area contributed by atoms with Gasteiger partial charge in [0.25, 0.3) is 5.91 Å². The Morgan fingerprint density at radius 1 is 0.757 bits per heavy atom. The van der Waals surface area contributed by atoms with Crippen molar-refractivity contribution in [1.82, 2.24) is 5.43 Å². The van der Waals surface area contributed by atoms with Gasteiger partial charge >= 0.3 is 0 Å². The maximum Gasteiger partial charge on any atom is 0.271 e. The molecule has 1 N–H and O–H groups in total. The van der Waals surface area contributed by atoms with Crippen molar-refractivity contribution in [3.8, 4) is 34.1 Å². The second-order valence-corrected chi connectivity index (χ2v) is 7.97. The number of carbonyl (C=O) groups is 1. The smallest absolute Gasteiger partial charge is 0.271 e. The number of rotatable bonds is 10. The Labute approximate surface area is 216 Å². The first-order chi connectivity index (χ1) is 18.1. The highest BCUT2D eigenvalue weighted by molar-refractivity contribution is 5.95. The number of methoxy groups -OCH3 is 3. The number of carbonyl (C=O) groups excluding carboxylic acids is 1. The van der Waals surface area contributed by atoms with Crippen LogP contribution >= 0.6 is 0 Å². The summed E-state index contributed by atoms with van der Waals surface area (Å²) < 4.78 is 22.2. The van der Waals surface area contributed by atoms with Crippen LogP contribution in [0.15, 0.2) is 96.1 Å². The molecular formula is C30H28N2O5. The normalized spacial score (nSPS) is 10.7. The molecular weight excluding hydrogens is 468 g/mol. The highest BCUT2D eigenvalue weighted by Crippen LogP contribution is 2.39. The second kappa shape index (κ2) is 12.3. The van der Waals surface area contributed by atoms with Crippen LogP contribution in [0, 0.1) is 0 Å². The monoisotopic (exact) mass is 496 g/mol. The maximum atomic E-state index is 12.6. The highest BCUT2D eigenvalue weighted by Gasteiger charge is 2.15. The molecule has 1 amide bonds. The lowest BCUT2D eigenvalue weighted by atomic mass is 10.0. The molecule has 7 nitrogen and oxygen atoms in total. The van der Waals surface area contributed by atoms with Crippen LogP contribution in [0.2, 0.25) is 0 Å².